The van der Waals surface area contributed by atoms with E-state index in [9.17, 15) is 0 Å². The molecule has 2 rings (SSSR count). The lowest BCUT2D eigenvalue weighted by molar-refractivity contribution is 0.150. The summed E-state index contributed by atoms with van der Waals surface area (Å²) in [5.41, 5.74) is 1.60. The molecular formula is C18H29NO. The van der Waals surface area contributed by atoms with Gasteiger partial charge in [-0.15, -0.1) is 0 Å². The Morgan fingerprint density at radius 2 is 2.15 bits per heavy atom. The molecule has 0 aromatic heterocycles. The van der Waals surface area contributed by atoms with E-state index in [1.54, 1.807) is 0 Å². The van der Waals surface area contributed by atoms with Gasteiger partial charge in [0, 0.05) is 12.5 Å². The molecule has 1 aliphatic rings. The van der Waals surface area contributed by atoms with Gasteiger partial charge in [-0.2, -0.15) is 0 Å². The Hall–Kier alpha value is -1.02. The standard InChI is InChI=1S/C18H29NO/c1-5-18(2,3)16-9-6-10-17(12-16)20-14-15-8-7-11-19(4)13-15/h6,9-10,12,15H,5,7-8,11,13-14H2,1-4H3. The van der Waals surface area contributed by atoms with E-state index in [-0.39, 0.29) is 5.41 Å². The van der Waals surface area contributed by atoms with Crippen molar-refractivity contribution in [3.63, 3.8) is 0 Å². The highest BCUT2D eigenvalue weighted by Gasteiger charge is 2.20. The summed E-state index contributed by atoms with van der Waals surface area (Å²) < 4.78 is 6.05. The van der Waals surface area contributed by atoms with Gasteiger partial charge >= 0.3 is 0 Å². The Labute approximate surface area is 124 Å². The Balaban J connectivity index is 1.94. The Bertz CT molecular complexity index is 427. The number of hydrogen-bond acceptors (Lipinski definition) is 2. The molecule has 1 saturated heterocycles. The zero-order valence-corrected chi connectivity index (χ0v) is 13.5. The molecule has 1 fully saturated rings. The molecule has 0 spiro atoms. The summed E-state index contributed by atoms with van der Waals surface area (Å²) in [6.07, 6.45) is 3.74. The predicted molar refractivity (Wildman–Crippen MR) is 85.5 cm³/mol. The minimum absolute atomic E-state index is 0.227. The van der Waals surface area contributed by atoms with Crippen LogP contribution >= 0.6 is 0 Å². The first-order valence-electron chi connectivity index (χ1n) is 7.93. The third kappa shape index (κ3) is 3.99. The number of benzene rings is 1. The molecule has 0 radical (unpaired) electrons. The highest BCUT2D eigenvalue weighted by atomic mass is 16.5. The Kier molecular flexibility index (Phi) is 5.09. The van der Waals surface area contributed by atoms with Gasteiger partial charge in [0.15, 0.2) is 0 Å². The molecule has 2 heteroatoms. The highest BCUT2D eigenvalue weighted by molar-refractivity contribution is 5.33. The SMILES string of the molecule is CCC(C)(C)c1cccc(OCC2CCCN(C)C2)c1. The van der Waals surface area contributed by atoms with Crippen molar-refractivity contribution in [2.45, 2.75) is 45.4 Å². The summed E-state index contributed by atoms with van der Waals surface area (Å²) >= 11 is 0. The fourth-order valence-electron chi connectivity index (χ4n) is 2.83. The second-order valence-corrected chi connectivity index (χ2v) is 6.85. The molecule has 112 valence electrons. The first-order valence-corrected chi connectivity index (χ1v) is 7.93. The van der Waals surface area contributed by atoms with E-state index in [1.807, 2.05) is 0 Å². The van der Waals surface area contributed by atoms with E-state index in [0.29, 0.717) is 5.92 Å². The molecule has 0 bridgehead atoms. The van der Waals surface area contributed by atoms with E-state index >= 15 is 0 Å². The van der Waals surface area contributed by atoms with E-state index in [2.05, 4.69) is 57.0 Å². The number of rotatable bonds is 5. The molecule has 0 N–H and O–H groups in total. The third-order valence-corrected chi connectivity index (χ3v) is 4.71. The van der Waals surface area contributed by atoms with Gasteiger partial charge in [-0.05, 0) is 56.0 Å². The van der Waals surface area contributed by atoms with Crippen molar-refractivity contribution >= 4 is 0 Å². The molecule has 1 heterocycles. The van der Waals surface area contributed by atoms with Crippen molar-refractivity contribution in [3.8, 4) is 5.75 Å². The molecular weight excluding hydrogens is 246 g/mol. The van der Waals surface area contributed by atoms with Gasteiger partial charge in [-0.1, -0.05) is 32.9 Å². The van der Waals surface area contributed by atoms with E-state index in [0.717, 1.165) is 18.8 Å². The average Bonchev–Trinajstić information content (AvgIpc) is 2.45. The van der Waals surface area contributed by atoms with Gasteiger partial charge in [0.05, 0.1) is 6.61 Å². The maximum atomic E-state index is 6.05. The fourth-order valence-corrected chi connectivity index (χ4v) is 2.83. The van der Waals surface area contributed by atoms with Crippen molar-refractivity contribution in [2.75, 3.05) is 26.7 Å². The summed E-state index contributed by atoms with van der Waals surface area (Å²) in [5, 5.41) is 0. The minimum Gasteiger partial charge on any atom is -0.493 e. The summed E-state index contributed by atoms with van der Waals surface area (Å²) in [7, 11) is 2.20. The lowest BCUT2D eigenvalue weighted by Crippen LogP contribution is -2.34. The first-order chi connectivity index (χ1) is 9.51. The zero-order valence-electron chi connectivity index (χ0n) is 13.5. The molecule has 1 aliphatic heterocycles. The lowest BCUT2D eigenvalue weighted by Gasteiger charge is -2.29. The number of ether oxygens (including phenoxy) is 1. The van der Waals surface area contributed by atoms with Gasteiger partial charge in [0.25, 0.3) is 0 Å². The van der Waals surface area contributed by atoms with Gasteiger partial charge in [-0.3, -0.25) is 0 Å². The highest BCUT2D eigenvalue weighted by Crippen LogP contribution is 2.29. The van der Waals surface area contributed by atoms with Crippen LogP contribution in [0.5, 0.6) is 5.75 Å². The molecule has 1 aromatic carbocycles. The number of hydrogen-bond donors (Lipinski definition) is 0. The smallest absolute Gasteiger partial charge is 0.119 e. The average molecular weight is 275 g/mol. The second kappa shape index (κ2) is 6.62. The molecule has 1 aromatic rings. The fraction of sp³-hybridized carbons (Fsp3) is 0.667. The van der Waals surface area contributed by atoms with Crippen LogP contribution in [-0.4, -0.2) is 31.6 Å². The maximum absolute atomic E-state index is 6.05. The van der Waals surface area contributed by atoms with E-state index in [1.165, 1.54) is 31.5 Å². The number of piperidine rings is 1. The van der Waals surface area contributed by atoms with E-state index in [4.69, 9.17) is 4.74 Å². The van der Waals surface area contributed by atoms with Crippen LogP contribution in [0.3, 0.4) is 0 Å². The second-order valence-electron chi connectivity index (χ2n) is 6.85. The van der Waals surface area contributed by atoms with Crippen LogP contribution in [-0.2, 0) is 5.41 Å². The Morgan fingerprint density at radius 1 is 1.35 bits per heavy atom. The molecule has 0 amide bonds. The van der Waals surface area contributed by atoms with Crippen molar-refractivity contribution in [1.82, 2.24) is 4.90 Å². The van der Waals surface area contributed by atoms with Crippen molar-refractivity contribution in [3.05, 3.63) is 29.8 Å². The van der Waals surface area contributed by atoms with Crippen LogP contribution < -0.4 is 4.74 Å². The summed E-state index contributed by atoms with van der Waals surface area (Å²) in [4.78, 5) is 2.41. The molecule has 1 unspecified atom stereocenters. The maximum Gasteiger partial charge on any atom is 0.119 e. The summed E-state index contributed by atoms with van der Waals surface area (Å²) in [6, 6.07) is 8.64. The van der Waals surface area contributed by atoms with Crippen LogP contribution in [0, 0.1) is 5.92 Å². The van der Waals surface area contributed by atoms with Crippen molar-refractivity contribution < 1.29 is 4.74 Å². The zero-order chi connectivity index (χ0) is 14.6. The molecule has 2 nitrogen and oxygen atoms in total. The minimum atomic E-state index is 0.227. The molecule has 1 atom stereocenters. The van der Waals surface area contributed by atoms with Crippen molar-refractivity contribution in [1.29, 1.82) is 0 Å². The van der Waals surface area contributed by atoms with Crippen molar-refractivity contribution in [2.24, 2.45) is 5.92 Å². The van der Waals surface area contributed by atoms with Crippen LogP contribution in [0.1, 0.15) is 45.6 Å². The Morgan fingerprint density at radius 3 is 2.85 bits per heavy atom. The number of likely N-dealkylation sites (tertiary alicyclic amines) is 1. The molecule has 0 saturated carbocycles. The largest absolute Gasteiger partial charge is 0.493 e. The monoisotopic (exact) mass is 275 g/mol. The third-order valence-electron chi connectivity index (χ3n) is 4.71. The van der Waals surface area contributed by atoms with Crippen LogP contribution in [0.2, 0.25) is 0 Å². The van der Waals surface area contributed by atoms with Crippen LogP contribution in [0.25, 0.3) is 0 Å². The van der Waals surface area contributed by atoms with Crippen LogP contribution in [0.15, 0.2) is 24.3 Å². The van der Waals surface area contributed by atoms with Gasteiger partial charge in [0.2, 0.25) is 0 Å². The van der Waals surface area contributed by atoms with Gasteiger partial charge < -0.3 is 9.64 Å². The first kappa shape index (κ1) is 15.4. The summed E-state index contributed by atoms with van der Waals surface area (Å²) in [6.45, 7) is 10.1. The topological polar surface area (TPSA) is 12.5 Å². The molecule has 20 heavy (non-hydrogen) atoms. The quantitative estimate of drug-likeness (QED) is 0.802. The summed E-state index contributed by atoms with van der Waals surface area (Å²) in [5.74, 6) is 1.70. The lowest BCUT2D eigenvalue weighted by atomic mass is 9.82. The van der Waals surface area contributed by atoms with Gasteiger partial charge in [-0.25, -0.2) is 0 Å². The van der Waals surface area contributed by atoms with Gasteiger partial charge in [0.1, 0.15) is 5.75 Å². The predicted octanol–water partition coefficient (Wildman–Crippen LogP) is 4.09. The van der Waals surface area contributed by atoms with Crippen LogP contribution in [0.4, 0.5) is 0 Å². The van der Waals surface area contributed by atoms with E-state index < -0.39 is 0 Å². The normalized spacial score (nSPS) is 20.9. The molecule has 0 aliphatic carbocycles. The number of nitrogens with zero attached hydrogens (tertiary/aromatic N) is 1.